The van der Waals surface area contributed by atoms with E-state index in [-0.39, 0.29) is 11.9 Å². The molecule has 0 aliphatic carbocycles. The molecule has 2 heterocycles. The van der Waals surface area contributed by atoms with Gasteiger partial charge in [-0.15, -0.1) is 0 Å². The van der Waals surface area contributed by atoms with Gasteiger partial charge in [0.1, 0.15) is 0 Å². The number of likely N-dealkylation sites (N-methyl/N-ethyl adjacent to an activating group) is 1. The van der Waals surface area contributed by atoms with Crippen molar-refractivity contribution in [3.05, 3.63) is 47.0 Å². The van der Waals surface area contributed by atoms with Crippen LogP contribution in [0.4, 0.5) is 5.69 Å². The summed E-state index contributed by atoms with van der Waals surface area (Å²) in [4.78, 5) is 20.4. The van der Waals surface area contributed by atoms with Crippen LogP contribution in [0, 0.1) is 0 Å². The van der Waals surface area contributed by atoms with Gasteiger partial charge in [0.25, 0.3) is 5.91 Å². The van der Waals surface area contributed by atoms with Crippen LogP contribution in [0.25, 0.3) is 0 Å². The number of methoxy groups -OCH3 is 3. The number of fused-ring (bicyclic) bond motifs is 1. The van der Waals surface area contributed by atoms with Gasteiger partial charge in [0, 0.05) is 57.6 Å². The molecule has 1 amide bonds. The normalized spacial score (nSPS) is 17.5. The number of carbonyl (C=O) groups is 1. The second kappa shape index (κ2) is 11.2. The van der Waals surface area contributed by atoms with E-state index >= 15 is 0 Å². The van der Waals surface area contributed by atoms with Gasteiger partial charge in [-0.2, -0.15) is 0 Å². The molecular weight excluding hydrogens is 444 g/mol. The van der Waals surface area contributed by atoms with Crippen molar-refractivity contribution in [1.29, 1.82) is 0 Å². The molecule has 8 heteroatoms. The summed E-state index contributed by atoms with van der Waals surface area (Å²) < 4.78 is 16.3. The lowest BCUT2D eigenvalue weighted by Gasteiger charge is -2.39. The quantitative estimate of drug-likeness (QED) is 0.621. The average molecular weight is 483 g/mol. The largest absolute Gasteiger partial charge is 0.493 e. The van der Waals surface area contributed by atoms with Gasteiger partial charge in [0.2, 0.25) is 5.75 Å². The number of hydrogen-bond donors (Lipinski definition) is 1. The Balaban J connectivity index is 1.57. The first-order valence-electron chi connectivity index (χ1n) is 12.3. The van der Waals surface area contributed by atoms with Gasteiger partial charge in [-0.3, -0.25) is 9.69 Å². The van der Waals surface area contributed by atoms with Crippen LogP contribution < -0.4 is 24.4 Å². The Bertz CT molecular complexity index is 1010. The van der Waals surface area contributed by atoms with E-state index in [0.717, 1.165) is 39.1 Å². The molecule has 1 unspecified atom stereocenters. The second-order valence-corrected chi connectivity index (χ2v) is 9.39. The van der Waals surface area contributed by atoms with E-state index in [2.05, 4.69) is 52.3 Å². The number of piperazine rings is 1. The topological polar surface area (TPSA) is 66.5 Å². The van der Waals surface area contributed by atoms with Crippen LogP contribution in [0.15, 0.2) is 30.3 Å². The van der Waals surface area contributed by atoms with Crippen molar-refractivity contribution in [3.8, 4) is 17.2 Å². The molecule has 4 rings (SSSR count). The Labute approximate surface area is 208 Å². The summed E-state index contributed by atoms with van der Waals surface area (Å²) in [5.41, 5.74) is 4.45. The van der Waals surface area contributed by atoms with Crippen LogP contribution in [0.2, 0.25) is 0 Å². The number of ether oxygens (including phenoxy) is 3. The zero-order valence-electron chi connectivity index (χ0n) is 21.6. The molecule has 2 aliphatic heterocycles. The number of aryl methyl sites for hydroxylation is 1. The highest BCUT2D eigenvalue weighted by Gasteiger charge is 2.26. The lowest BCUT2D eigenvalue weighted by molar-refractivity contribution is 0.0885. The molecule has 190 valence electrons. The molecule has 0 radical (unpaired) electrons. The van der Waals surface area contributed by atoms with E-state index in [4.69, 9.17) is 14.2 Å². The van der Waals surface area contributed by atoms with Gasteiger partial charge in [0.15, 0.2) is 11.5 Å². The molecule has 1 saturated heterocycles. The maximum Gasteiger partial charge on any atom is 0.251 e. The third kappa shape index (κ3) is 5.49. The van der Waals surface area contributed by atoms with Crippen molar-refractivity contribution >= 4 is 11.6 Å². The predicted molar refractivity (Wildman–Crippen MR) is 138 cm³/mol. The fourth-order valence-corrected chi connectivity index (χ4v) is 5.11. The monoisotopic (exact) mass is 482 g/mol. The molecule has 35 heavy (non-hydrogen) atoms. The van der Waals surface area contributed by atoms with E-state index < -0.39 is 0 Å². The van der Waals surface area contributed by atoms with Crippen molar-refractivity contribution in [2.75, 3.05) is 79.6 Å². The zero-order valence-corrected chi connectivity index (χ0v) is 21.6. The number of anilines is 1. The van der Waals surface area contributed by atoms with E-state index in [9.17, 15) is 4.79 Å². The molecule has 1 fully saturated rings. The number of carbonyl (C=O) groups excluding carboxylic acids is 1. The maximum absolute atomic E-state index is 13.2. The maximum atomic E-state index is 13.2. The lowest BCUT2D eigenvalue weighted by Crippen LogP contribution is -2.48. The summed E-state index contributed by atoms with van der Waals surface area (Å²) in [5.74, 6) is 1.24. The molecule has 1 atom stereocenters. The summed E-state index contributed by atoms with van der Waals surface area (Å²) in [7, 11) is 8.98. The number of hydrogen-bond acceptors (Lipinski definition) is 7. The molecule has 2 aromatic carbocycles. The number of amides is 1. The van der Waals surface area contributed by atoms with Crippen LogP contribution in [0.1, 0.15) is 33.9 Å². The number of benzene rings is 2. The minimum atomic E-state index is -0.166. The van der Waals surface area contributed by atoms with Gasteiger partial charge in [-0.1, -0.05) is 12.1 Å². The van der Waals surface area contributed by atoms with Gasteiger partial charge in [0.05, 0.1) is 27.4 Å². The second-order valence-electron chi connectivity index (χ2n) is 9.39. The first kappa shape index (κ1) is 25.1. The summed E-state index contributed by atoms with van der Waals surface area (Å²) in [6, 6.07) is 10.3. The van der Waals surface area contributed by atoms with Gasteiger partial charge in [-0.05, 0) is 49.2 Å². The number of nitrogens with zero attached hydrogens (tertiary/aromatic N) is 3. The fraction of sp³-hybridized carbons (Fsp3) is 0.519. The summed E-state index contributed by atoms with van der Waals surface area (Å²) in [5, 5.41) is 3.18. The first-order chi connectivity index (χ1) is 16.9. The standard InChI is InChI=1S/C27H38N4O4/c1-29-11-13-31(14-12-29)23(20-8-9-22-19(15-20)7-6-10-30(22)2)18-28-27(32)21-16-24(33-3)26(35-5)25(17-21)34-4/h8-9,15-17,23H,6-7,10-14,18H2,1-5H3,(H,28,32). The van der Waals surface area contributed by atoms with Gasteiger partial charge in [-0.25, -0.2) is 0 Å². The Morgan fingerprint density at radius 3 is 2.26 bits per heavy atom. The van der Waals surface area contributed by atoms with Gasteiger partial charge >= 0.3 is 0 Å². The number of nitrogens with one attached hydrogen (secondary N) is 1. The van der Waals surface area contributed by atoms with Crippen molar-refractivity contribution in [2.45, 2.75) is 18.9 Å². The average Bonchev–Trinajstić information content (AvgIpc) is 2.88. The first-order valence-corrected chi connectivity index (χ1v) is 12.3. The van der Waals surface area contributed by atoms with Crippen molar-refractivity contribution < 1.29 is 19.0 Å². The molecule has 0 aromatic heterocycles. The van der Waals surface area contributed by atoms with Crippen LogP contribution in [-0.2, 0) is 6.42 Å². The molecule has 0 saturated carbocycles. The minimum absolute atomic E-state index is 0.104. The predicted octanol–water partition coefficient (Wildman–Crippen LogP) is 2.81. The third-order valence-corrected chi connectivity index (χ3v) is 7.20. The molecule has 8 nitrogen and oxygen atoms in total. The van der Waals surface area contributed by atoms with E-state index in [1.165, 1.54) is 23.2 Å². The van der Waals surface area contributed by atoms with E-state index in [0.29, 0.717) is 29.4 Å². The summed E-state index contributed by atoms with van der Waals surface area (Å²) in [6.45, 7) is 5.60. The SMILES string of the molecule is COc1cc(C(=O)NCC(c2ccc3c(c2)CCCN3C)N2CCN(C)CC2)cc(OC)c1OC. The van der Waals surface area contributed by atoms with Crippen LogP contribution in [-0.4, -0.2) is 90.4 Å². The third-order valence-electron chi connectivity index (χ3n) is 7.20. The van der Waals surface area contributed by atoms with Crippen LogP contribution in [0.5, 0.6) is 17.2 Å². The van der Waals surface area contributed by atoms with E-state index in [1.807, 2.05) is 0 Å². The molecular formula is C27H38N4O4. The zero-order chi connectivity index (χ0) is 24.9. The lowest BCUT2D eigenvalue weighted by atomic mass is 9.95. The molecule has 2 aliphatic rings. The van der Waals surface area contributed by atoms with Crippen molar-refractivity contribution in [3.63, 3.8) is 0 Å². The Morgan fingerprint density at radius 2 is 1.63 bits per heavy atom. The van der Waals surface area contributed by atoms with Crippen LogP contribution >= 0.6 is 0 Å². The van der Waals surface area contributed by atoms with Crippen LogP contribution in [0.3, 0.4) is 0 Å². The Kier molecular flexibility index (Phi) is 8.03. The highest BCUT2D eigenvalue weighted by Crippen LogP contribution is 2.38. The highest BCUT2D eigenvalue weighted by molar-refractivity contribution is 5.95. The molecule has 1 N–H and O–H groups in total. The van der Waals surface area contributed by atoms with Crippen molar-refractivity contribution in [2.24, 2.45) is 0 Å². The Morgan fingerprint density at radius 1 is 0.943 bits per heavy atom. The summed E-state index contributed by atoms with van der Waals surface area (Å²) >= 11 is 0. The number of rotatable bonds is 8. The Hall–Kier alpha value is -2.97. The highest BCUT2D eigenvalue weighted by atomic mass is 16.5. The molecule has 0 bridgehead atoms. The van der Waals surface area contributed by atoms with Crippen molar-refractivity contribution in [1.82, 2.24) is 15.1 Å². The van der Waals surface area contributed by atoms with Gasteiger partial charge < -0.3 is 29.3 Å². The fourth-order valence-electron chi connectivity index (χ4n) is 5.11. The minimum Gasteiger partial charge on any atom is -0.493 e. The molecule has 0 spiro atoms. The summed E-state index contributed by atoms with van der Waals surface area (Å²) in [6.07, 6.45) is 2.27. The van der Waals surface area contributed by atoms with E-state index in [1.54, 1.807) is 33.5 Å². The smallest absolute Gasteiger partial charge is 0.251 e. The molecule has 2 aromatic rings.